The maximum Gasteiger partial charge on any atom is 0.222 e. The number of piperidine rings is 1. The van der Waals surface area contributed by atoms with Crippen molar-refractivity contribution < 1.29 is 9.53 Å². The molecule has 132 valence electrons. The molecule has 2 rings (SSSR count). The van der Waals surface area contributed by atoms with E-state index in [0.29, 0.717) is 18.0 Å². The first-order valence-corrected chi connectivity index (χ1v) is 7.64. The SMILES string of the molecule is COc1ccc(Cl)cc1NCCC(=O)N[C@H]1CCCNC1.Cl.Cl. The Balaban J connectivity index is 0.00000242. The number of nitrogens with one attached hydrogen (secondary N) is 3. The third-order valence-electron chi connectivity index (χ3n) is 3.49. The molecular weight excluding hydrogens is 361 g/mol. The monoisotopic (exact) mass is 383 g/mol. The second-order valence-corrected chi connectivity index (χ2v) is 5.57. The van der Waals surface area contributed by atoms with Crippen molar-refractivity contribution in [3.05, 3.63) is 23.2 Å². The molecule has 0 saturated carbocycles. The van der Waals surface area contributed by atoms with Crippen LogP contribution >= 0.6 is 36.4 Å². The molecule has 1 fully saturated rings. The zero-order chi connectivity index (χ0) is 15.1. The molecule has 0 radical (unpaired) electrons. The van der Waals surface area contributed by atoms with Crippen LogP contribution in [0.3, 0.4) is 0 Å². The molecule has 1 heterocycles. The number of halogens is 3. The van der Waals surface area contributed by atoms with Gasteiger partial charge in [-0.25, -0.2) is 0 Å². The van der Waals surface area contributed by atoms with Gasteiger partial charge in [-0.3, -0.25) is 4.79 Å². The van der Waals surface area contributed by atoms with Crippen molar-refractivity contribution in [2.45, 2.75) is 25.3 Å². The lowest BCUT2D eigenvalue weighted by Gasteiger charge is -2.23. The van der Waals surface area contributed by atoms with Gasteiger partial charge in [-0.15, -0.1) is 24.8 Å². The van der Waals surface area contributed by atoms with E-state index in [1.54, 1.807) is 25.3 Å². The fourth-order valence-electron chi connectivity index (χ4n) is 2.40. The topological polar surface area (TPSA) is 62.4 Å². The fourth-order valence-corrected chi connectivity index (χ4v) is 2.58. The van der Waals surface area contributed by atoms with Crippen LogP contribution in [0.4, 0.5) is 5.69 Å². The molecule has 1 aromatic rings. The summed E-state index contributed by atoms with van der Waals surface area (Å²) >= 11 is 5.96. The van der Waals surface area contributed by atoms with Crippen LogP contribution < -0.4 is 20.7 Å². The molecule has 1 aliphatic heterocycles. The molecule has 0 bridgehead atoms. The standard InChI is InChI=1S/C15H22ClN3O2.2ClH/c1-21-14-5-4-11(16)9-13(14)18-8-6-15(20)19-12-3-2-7-17-10-12;;/h4-5,9,12,17-18H,2-3,6-8,10H2,1H3,(H,19,20);2*1H/t12-;;/m0../s1. The number of amides is 1. The largest absolute Gasteiger partial charge is 0.495 e. The number of benzene rings is 1. The van der Waals surface area contributed by atoms with E-state index in [0.717, 1.165) is 37.4 Å². The molecule has 1 saturated heterocycles. The minimum atomic E-state index is 0. The Morgan fingerprint density at radius 3 is 2.87 bits per heavy atom. The quantitative estimate of drug-likeness (QED) is 0.706. The smallest absolute Gasteiger partial charge is 0.222 e. The van der Waals surface area contributed by atoms with Gasteiger partial charge in [-0.05, 0) is 37.6 Å². The Labute approximate surface area is 154 Å². The molecule has 0 spiro atoms. The van der Waals surface area contributed by atoms with Gasteiger partial charge < -0.3 is 20.7 Å². The summed E-state index contributed by atoms with van der Waals surface area (Å²) in [6.45, 7) is 2.45. The van der Waals surface area contributed by atoms with Crippen LogP contribution in [0.25, 0.3) is 0 Å². The van der Waals surface area contributed by atoms with E-state index >= 15 is 0 Å². The molecular formula is C15H24Cl3N3O2. The van der Waals surface area contributed by atoms with Gasteiger partial charge in [0.15, 0.2) is 0 Å². The zero-order valence-corrected chi connectivity index (χ0v) is 15.5. The average molecular weight is 385 g/mol. The van der Waals surface area contributed by atoms with Gasteiger partial charge in [0.05, 0.1) is 12.8 Å². The zero-order valence-electron chi connectivity index (χ0n) is 13.1. The van der Waals surface area contributed by atoms with Crippen LogP contribution in [-0.4, -0.2) is 38.7 Å². The van der Waals surface area contributed by atoms with E-state index in [2.05, 4.69) is 16.0 Å². The van der Waals surface area contributed by atoms with E-state index < -0.39 is 0 Å². The van der Waals surface area contributed by atoms with Crippen molar-refractivity contribution >= 4 is 48.0 Å². The predicted molar refractivity (Wildman–Crippen MR) is 99.6 cm³/mol. The molecule has 1 amide bonds. The second-order valence-electron chi connectivity index (χ2n) is 5.13. The van der Waals surface area contributed by atoms with E-state index in [1.807, 2.05) is 0 Å². The number of rotatable bonds is 6. The summed E-state index contributed by atoms with van der Waals surface area (Å²) < 4.78 is 5.25. The van der Waals surface area contributed by atoms with Gasteiger partial charge in [0, 0.05) is 30.6 Å². The molecule has 1 aliphatic rings. The predicted octanol–water partition coefficient (Wildman–Crippen LogP) is 2.86. The van der Waals surface area contributed by atoms with Crippen LogP contribution in [-0.2, 0) is 4.79 Å². The normalized spacial score (nSPS) is 16.5. The third kappa shape index (κ3) is 7.48. The van der Waals surface area contributed by atoms with Gasteiger partial charge in [-0.2, -0.15) is 0 Å². The highest BCUT2D eigenvalue weighted by Crippen LogP contribution is 2.27. The van der Waals surface area contributed by atoms with Crippen LogP contribution in [0, 0.1) is 0 Å². The van der Waals surface area contributed by atoms with Gasteiger partial charge in [-0.1, -0.05) is 11.6 Å². The van der Waals surface area contributed by atoms with Crippen LogP contribution in [0.5, 0.6) is 5.75 Å². The maximum absolute atomic E-state index is 11.9. The number of carbonyl (C=O) groups excluding carboxylic acids is 1. The number of anilines is 1. The Kier molecular flexibility index (Phi) is 11.2. The number of ether oxygens (including phenoxy) is 1. The Bertz CT molecular complexity index is 483. The maximum atomic E-state index is 11.9. The lowest BCUT2D eigenvalue weighted by atomic mass is 10.1. The molecule has 0 unspecified atom stereocenters. The minimum Gasteiger partial charge on any atom is -0.495 e. The van der Waals surface area contributed by atoms with E-state index in [4.69, 9.17) is 16.3 Å². The first-order valence-electron chi connectivity index (χ1n) is 7.26. The summed E-state index contributed by atoms with van der Waals surface area (Å²) in [5.41, 5.74) is 0.803. The highest BCUT2D eigenvalue weighted by atomic mass is 35.5. The molecule has 8 heteroatoms. The molecule has 3 N–H and O–H groups in total. The molecule has 1 atom stereocenters. The van der Waals surface area contributed by atoms with Gasteiger partial charge in [0.1, 0.15) is 5.75 Å². The van der Waals surface area contributed by atoms with Crippen LogP contribution in [0.1, 0.15) is 19.3 Å². The van der Waals surface area contributed by atoms with Gasteiger partial charge in [0.2, 0.25) is 5.91 Å². The Morgan fingerprint density at radius 2 is 2.22 bits per heavy atom. The molecule has 0 aliphatic carbocycles. The summed E-state index contributed by atoms with van der Waals surface area (Å²) in [5, 5.41) is 10.2. The summed E-state index contributed by atoms with van der Waals surface area (Å²) in [7, 11) is 1.61. The lowest BCUT2D eigenvalue weighted by Crippen LogP contribution is -2.45. The van der Waals surface area contributed by atoms with Crippen molar-refractivity contribution in [1.82, 2.24) is 10.6 Å². The van der Waals surface area contributed by atoms with Crippen molar-refractivity contribution in [3.63, 3.8) is 0 Å². The first kappa shape index (κ1) is 22.1. The Hall–Kier alpha value is -0.880. The number of hydrogen-bond donors (Lipinski definition) is 3. The summed E-state index contributed by atoms with van der Waals surface area (Å²) in [6.07, 6.45) is 2.59. The van der Waals surface area contributed by atoms with E-state index in [-0.39, 0.29) is 36.8 Å². The fraction of sp³-hybridized carbons (Fsp3) is 0.533. The highest BCUT2D eigenvalue weighted by Gasteiger charge is 2.15. The van der Waals surface area contributed by atoms with E-state index in [1.165, 1.54) is 0 Å². The number of hydrogen-bond acceptors (Lipinski definition) is 4. The van der Waals surface area contributed by atoms with Gasteiger partial charge >= 0.3 is 0 Å². The summed E-state index contributed by atoms with van der Waals surface area (Å²) in [6, 6.07) is 5.63. The van der Waals surface area contributed by atoms with Gasteiger partial charge in [0.25, 0.3) is 0 Å². The molecule has 23 heavy (non-hydrogen) atoms. The van der Waals surface area contributed by atoms with Crippen molar-refractivity contribution in [3.8, 4) is 5.75 Å². The van der Waals surface area contributed by atoms with Crippen molar-refractivity contribution in [2.75, 3.05) is 32.1 Å². The molecule has 0 aromatic heterocycles. The van der Waals surface area contributed by atoms with Crippen LogP contribution in [0.15, 0.2) is 18.2 Å². The van der Waals surface area contributed by atoms with Crippen molar-refractivity contribution in [1.29, 1.82) is 0 Å². The first-order chi connectivity index (χ1) is 10.2. The highest BCUT2D eigenvalue weighted by molar-refractivity contribution is 6.30. The molecule has 5 nitrogen and oxygen atoms in total. The summed E-state index contributed by atoms with van der Waals surface area (Å²) in [4.78, 5) is 11.9. The lowest BCUT2D eigenvalue weighted by molar-refractivity contribution is -0.121. The number of methoxy groups -OCH3 is 1. The van der Waals surface area contributed by atoms with E-state index in [9.17, 15) is 4.79 Å². The van der Waals surface area contributed by atoms with Crippen LogP contribution in [0.2, 0.25) is 5.02 Å². The third-order valence-corrected chi connectivity index (χ3v) is 3.73. The summed E-state index contributed by atoms with van der Waals surface area (Å²) in [5.74, 6) is 0.786. The minimum absolute atomic E-state index is 0. The number of carbonyl (C=O) groups is 1. The van der Waals surface area contributed by atoms with Crippen molar-refractivity contribution in [2.24, 2.45) is 0 Å². The Morgan fingerprint density at radius 1 is 1.43 bits per heavy atom. The second kappa shape index (κ2) is 11.6. The average Bonchev–Trinajstić information content (AvgIpc) is 2.48. The molecule has 1 aromatic carbocycles.